The Bertz CT molecular complexity index is 1330. The average molecular weight is 440 g/mol. The summed E-state index contributed by atoms with van der Waals surface area (Å²) in [5.74, 6) is 1.94. The molecule has 1 aromatic carbocycles. The largest absolute Gasteiger partial charge is 0.493 e. The Morgan fingerprint density at radius 3 is 2.30 bits per heavy atom. The normalized spacial score (nSPS) is 14.8. The Labute approximate surface area is 190 Å². The predicted molar refractivity (Wildman–Crippen MR) is 120 cm³/mol. The van der Waals surface area contributed by atoms with Crippen molar-refractivity contribution in [2.75, 3.05) is 19.1 Å². The number of hydrogen-bond donors (Lipinski definition) is 0. The minimum absolute atomic E-state index is 0.213. The minimum atomic E-state index is -0.458. The van der Waals surface area contributed by atoms with Crippen LogP contribution in [0.4, 0.5) is 5.82 Å². The number of nitrogens with zero attached hydrogens (tertiary/aromatic N) is 6. The van der Waals surface area contributed by atoms with Crippen LogP contribution in [-0.2, 0) is 0 Å². The van der Waals surface area contributed by atoms with Crippen LogP contribution in [0.1, 0.15) is 33.2 Å². The fraction of sp³-hybridized carbons (Fsp3) is 0.167. The van der Waals surface area contributed by atoms with Gasteiger partial charge >= 0.3 is 0 Å². The van der Waals surface area contributed by atoms with E-state index >= 15 is 0 Å². The first-order valence-corrected chi connectivity index (χ1v) is 10.2. The number of benzene rings is 1. The molecule has 0 N–H and O–H groups in total. The van der Waals surface area contributed by atoms with Gasteiger partial charge in [-0.1, -0.05) is 6.07 Å². The predicted octanol–water partition coefficient (Wildman–Crippen LogP) is 3.40. The minimum Gasteiger partial charge on any atom is -0.493 e. The van der Waals surface area contributed by atoms with E-state index in [1.165, 1.54) is 0 Å². The summed E-state index contributed by atoms with van der Waals surface area (Å²) in [4.78, 5) is 37.1. The Balaban J connectivity index is 1.69. The fourth-order valence-corrected chi connectivity index (χ4v) is 3.90. The molecule has 1 atom stereocenters. The van der Waals surface area contributed by atoms with Crippen LogP contribution in [0.15, 0.2) is 61.2 Å². The molecule has 0 spiro atoms. The van der Waals surface area contributed by atoms with Gasteiger partial charge in [-0.2, -0.15) is 0 Å². The van der Waals surface area contributed by atoms with Crippen LogP contribution >= 0.6 is 0 Å². The van der Waals surface area contributed by atoms with Crippen LogP contribution in [0.25, 0.3) is 11.6 Å². The van der Waals surface area contributed by atoms with Gasteiger partial charge in [-0.25, -0.2) is 19.9 Å². The highest BCUT2D eigenvalue weighted by Gasteiger charge is 2.41. The Kier molecular flexibility index (Phi) is 5.14. The molecule has 0 saturated heterocycles. The maximum Gasteiger partial charge on any atom is 0.260 e. The molecule has 1 aliphatic rings. The standard InChI is InChI=1S/C24H20N6O3/c1-14-5-6-15(13-28-14)21-16-11-18(32-2)19(33-3)12-17(16)24(31)30(21)20-7-10-27-23(29-20)22-25-8-4-9-26-22/h4-13,21H,1-3H3. The maximum absolute atomic E-state index is 13.7. The molecule has 0 radical (unpaired) electrons. The topological polar surface area (TPSA) is 103 Å². The second-order valence-corrected chi connectivity index (χ2v) is 7.42. The second kappa shape index (κ2) is 8.27. The lowest BCUT2D eigenvalue weighted by molar-refractivity contribution is 0.0992. The number of aryl methyl sites for hydroxylation is 1. The number of fused-ring (bicyclic) bond motifs is 1. The molecule has 33 heavy (non-hydrogen) atoms. The molecule has 9 nitrogen and oxygen atoms in total. The van der Waals surface area contributed by atoms with E-state index in [-0.39, 0.29) is 5.91 Å². The highest BCUT2D eigenvalue weighted by molar-refractivity contribution is 6.11. The van der Waals surface area contributed by atoms with Crippen LogP contribution in [0.3, 0.4) is 0 Å². The van der Waals surface area contributed by atoms with Crippen LogP contribution in [0.5, 0.6) is 11.5 Å². The molecule has 4 heterocycles. The van der Waals surface area contributed by atoms with Gasteiger partial charge in [-0.15, -0.1) is 0 Å². The van der Waals surface area contributed by atoms with Crippen molar-refractivity contribution in [1.29, 1.82) is 0 Å². The summed E-state index contributed by atoms with van der Waals surface area (Å²) in [6.45, 7) is 1.92. The highest BCUT2D eigenvalue weighted by Crippen LogP contribution is 2.45. The Hall–Kier alpha value is -4.40. The van der Waals surface area contributed by atoms with Crippen molar-refractivity contribution >= 4 is 11.7 Å². The number of rotatable bonds is 5. The van der Waals surface area contributed by atoms with Gasteiger partial charge in [0.05, 0.1) is 20.3 Å². The molecule has 4 aromatic rings. The molecule has 0 fully saturated rings. The summed E-state index contributed by atoms with van der Waals surface area (Å²) in [7, 11) is 3.11. The number of ether oxygens (including phenoxy) is 2. The molecule has 164 valence electrons. The molecule has 1 amide bonds. The van der Waals surface area contributed by atoms with Gasteiger partial charge in [-0.05, 0) is 48.4 Å². The van der Waals surface area contributed by atoms with Crippen LogP contribution < -0.4 is 14.4 Å². The molecule has 0 aliphatic carbocycles. The number of pyridine rings is 1. The van der Waals surface area contributed by atoms with Crippen molar-refractivity contribution in [2.24, 2.45) is 0 Å². The average Bonchev–Trinajstić information content (AvgIpc) is 3.15. The SMILES string of the molecule is COc1cc2c(cc1OC)C(c1ccc(C)nc1)N(c1ccnc(-c3ncccn3)n1)C2=O. The fourth-order valence-electron chi connectivity index (χ4n) is 3.90. The third-order valence-corrected chi connectivity index (χ3v) is 5.46. The zero-order chi connectivity index (χ0) is 22.9. The summed E-state index contributed by atoms with van der Waals surface area (Å²) < 4.78 is 10.9. The lowest BCUT2D eigenvalue weighted by atomic mass is 9.98. The molecular weight excluding hydrogens is 420 g/mol. The molecule has 1 unspecified atom stereocenters. The molecule has 0 saturated carbocycles. The first kappa shape index (κ1) is 20.5. The summed E-state index contributed by atoms with van der Waals surface area (Å²) in [5.41, 5.74) is 3.01. The van der Waals surface area contributed by atoms with Gasteiger partial charge in [0.25, 0.3) is 5.91 Å². The van der Waals surface area contributed by atoms with Gasteiger partial charge in [0.15, 0.2) is 23.1 Å². The molecule has 3 aromatic heterocycles. The lowest BCUT2D eigenvalue weighted by Crippen LogP contribution is -2.29. The zero-order valence-electron chi connectivity index (χ0n) is 18.3. The van der Waals surface area contributed by atoms with Gasteiger partial charge in [0.2, 0.25) is 0 Å². The third-order valence-electron chi connectivity index (χ3n) is 5.46. The molecular formula is C24H20N6O3. The quantitative estimate of drug-likeness (QED) is 0.465. The highest BCUT2D eigenvalue weighted by atomic mass is 16.5. The summed E-state index contributed by atoms with van der Waals surface area (Å²) in [6, 6.07) is 10.4. The van der Waals surface area contributed by atoms with E-state index in [0.29, 0.717) is 34.5 Å². The van der Waals surface area contributed by atoms with Gasteiger partial charge in [0.1, 0.15) is 5.82 Å². The Morgan fingerprint density at radius 2 is 1.61 bits per heavy atom. The number of hydrogen-bond acceptors (Lipinski definition) is 8. The molecule has 5 rings (SSSR count). The smallest absolute Gasteiger partial charge is 0.260 e. The number of carbonyl (C=O) groups is 1. The van der Waals surface area contributed by atoms with Crippen LogP contribution in [0, 0.1) is 6.92 Å². The van der Waals surface area contributed by atoms with Crippen molar-refractivity contribution in [3.05, 3.63) is 83.6 Å². The first-order chi connectivity index (χ1) is 16.1. The Morgan fingerprint density at radius 1 is 0.879 bits per heavy atom. The van der Waals surface area contributed by atoms with E-state index < -0.39 is 6.04 Å². The van der Waals surface area contributed by atoms with E-state index in [1.54, 1.807) is 62.1 Å². The number of anilines is 1. The van der Waals surface area contributed by atoms with Crippen LogP contribution in [0.2, 0.25) is 0 Å². The van der Waals surface area contributed by atoms with Crippen molar-refractivity contribution in [2.45, 2.75) is 13.0 Å². The van der Waals surface area contributed by atoms with E-state index in [9.17, 15) is 4.79 Å². The van der Waals surface area contributed by atoms with E-state index in [4.69, 9.17) is 9.47 Å². The van der Waals surface area contributed by atoms with Gasteiger partial charge < -0.3 is 9.47 Å². The number of methoxy groups -OCH3 is 2. The van der Waals surface area contributed by atoms with Crippen LogP contribution in [-0.4, -0.2) is 45.0 Å². The first-order valence-electron chi connectivity index (χ1n) is 10.2. The van der Waals surface area contributed by atoms with Gasteiger partial charge in [-0.3, -0.25) is 14.7 Å². The number of aromatic nitrogens is 5. The monoisotopic (exact) mass is 440 g/mol. The zero-order valence-corrected chi connectivity index (χ0v) is 18.3. The van der Waals surface area contributed by atoms with Crippen molar-refractivity contribution in [3.63, 3.8) is 0 Å². The van der Waals surface area contributed by atoms with E-state index in [1.807, 2.05) is 25.1 Å². The summed E-state index contributed by atoms with van der Waals surface area (Å²) in [5, 5.41) is 0. The van der Waals surface area contributed by atoms with Crippen molar-refractivity contribution < 1.29 is 14.3 Å². The molecule has 9 heteroatoms. The lowest BCUT2D eigenvalue weighted by Gasteiger charge is -2.25. The number of amides is 1. The van der Waals surface area contributed by atoms with Gasteiger partial charge in [0, 0.05) is 36.0 Å². The third kappa shape index (κ3) is 3.53. The summed E-state index contributed by atoms with van der Waals surface area (Å²) >= 11 is 0. The van der Waals surface area contributed by atoms with E-state index in [2.05, 4.69) is 24.9 Å². The van der Waals surface area contributed by atoms with Crippen molar-refractivity contribution in [3.8, 4) is 23.1 Å². The van der Waals surface area contributed by atoms with E-state index in [0.717, 1.165) is 16.8 Å². The van der Waals surface area contributed by atoms with Crippen molar-refractivity contribution in [1.82, 2.24) is 24.9 Å². The number of carbonyl (C=O) groups excluding carboxylic acids is 1. The molecule has 1 aliphatic heterocycles. The summed E-state index contributed by atoms with van der Waals surface area (Å²) in [6.07, 6.45) is 6.60. The second-order valence-electron chi connectivity index (χ2n) is 7.42. The maximum atomic E-state index is 13.7. The molecule has 0 bridgehead atoms.